The molecule has 0 amide bonds. The lowest BCUT2D eigenvalue weighted by Crippen LogP contribution is -2.10. The van der Waals surface area contributed by atoms with Gasteiger partial charge in [-0.25, -0.2) is 4.79 Å². The molecule has 0 atom stereocenters. The Hall–Kier alpha value is -3.22. The van der Waals surface area contributed by atoms with E-state index in [2.05, 4.69) is 15.4 Å². The summed E-state index contributed by atoms with van der Waals surface area (Å²) in [6.07, 6.45) is 0.598. The molecule has 7 heteroatoms. The van der Waals surface area contributed by atoms with Crippen LogP contribution in [0.25, 0.3) is 11.4 Å². The lowest BCUT2D eigenvalue weighted by Gasteiger charge is -2.06. The molecule has 0 saturated carbocycles. The number of rotatable bonds is 7. The third kappa shape index (κ3) is 4.41. The molecule has 3 aromatic rings. The maximum absolute atomic E-state index is 12.0. The van der Waals surface area contributed by atoms with E-state index < -0.39 is 0 Å². The summed E-state index contributed by atoms with van der Waals surface area (Å²) < 4.78 is 10.3. The first-order valence-corrected chi connectivity index (χ1v) is 7.90. The molecule has 0 saturated heterocycles. The third-order valence-corrected chi connectivity index (χ3v) is 3.53. The first kappa shape index (κ1) is 16.6. The quantitative estimate of drug-likeness (QED) is 0.487. The number of hydrogen-bond donors (Lipinski definition) is 0. The topological polar surface area (TPSA) is 79.1 Å². The molecule has 0 aliphatic carbocycles. The van der Waals surface area contributed by atoms with E-state index in [1.807, 2.05) is 30.3 Å². The molecule has 1 aromatic heterocycles. The van der Waals surface area contributed by atoms with Crippen molar-refractivity contribution in [3.8, 4) is 17.1 Å². The van der Waals surface area contributed by atoms with Crippen molar-refractivity contribution in [3.05, 3.63) is 60.2 Å². The summed E-state index contributed by atoms with van der Waals surface area (Å²) in [5.41, 5.74) is 1.38. The van der Waals surface area contributed by atoms with Crippen LogP contribution in [-0.4, -0.2) is 39.9 Å². The van der Waals surface area contributed by atoms with Crippen molar-refractivity contribution in [1.29, 1.82) is 0 Å². The Morgan fingerprint density at radius 2 is 1.96 bits per heavy atom. The highest BCUT2D eigenvalue weighted by molar-refractivity contribution is 5.89. The molecule has 0 spiro atoms. The predicted octanol–water partition coefficient (Wildman–Crippen LogP) is 2.60. The number of carbonyl (C=O) groups is 1. The van der Waals surface area contributed by atoms with Crippen molar-refractivity contribution in [1.82, 2.24) is 20.2 Å². The SMILES string of the molecule is COc1cccc(C(=O)OCCCn2nnc(-c3ccccc3)n2)c1. The minimum Gasteiger partial charge on any atom is -0.497 e. The lowest BCUT2D eigenvalue weighted by atomic mass is 10.2. The van der Waals surface area contributed by atoms with E-state index in [1.54, 1.807) is 31.4 Å². The zero-order valence-electron chi connectivity index (χ0n) is 13.8. The lowest BCUT2D eigenvalue weighted by molar-refractivity contribution is 0.0493. The van der Waals surface area contributed by atoms with Gasteiger partial charge in [0.15, 0.2) is 0 Å². The Morgan fingerprint density at radius 1 is 1.12 bits per heavy atom. The zero-order chi connectivity index (χ0) is 17.5. The second-order valence-electron chi connectivity index (χ2n) is 5.30. The summed E-state index contributed by atoms with van der Waals surface area (Å²) in [5, 5.41) is 12.4. The largest absolute Gasteiger partial charge is 0.497 e. The average molecular weight is 338 g/mol. The number of methoxy groups -OCH3 is 1. The normalized spacial score (nSPS) is 10.4. The first-order chi connectivity index (χ1) is 12.3. The van der Waals surface area contributed by atoms with Gasteiger partial charge in [0, 0.05) is 12.0 Å². The highest BCUT2D eigenvalue weighted by Crippen LogP contribution is 2.14. The van der Waals surface area contributed by atoms with Gasteiger partial charge in [0.05, 0.1) is 25.8 Å². The van der Waals surface area contributed by atoms with Gasteiger partial charge in [-0.05, 0) is 23.4 Å². The molecular weight excluding hydrogens is 320 g/mol. The number of benzene rings is 2. The van der Waals surface area contributed by atoms with Gasteiger partial charge in [-0.1, -0.05) is 36.4 Å². The van der Waals surface area contributed by atoms with Crippen LogP contribution in [0.3, 0.4) is 0 Å². The fraction of sp³-hybridized carbons (Fsp3) is 0.222. The fourth-order valence-electron chi connectivity index (χ4n) is 2.24. The van der Waals surface area contributed by atoms with E-state index in [1.165, 1.54) is 4.80 Å². The van der Waals surface area contributed by atoms with Crippen molar-refractivity contribution < 1.29 is 14.3 Å². The molecule has 128 valence electrons. The van der Waals surface area contributed by atoms with Crippen LogP contribution in [0.1, 0.15) is 16.8 Å². The molecule has 0 aliphatic rings. The van der Waals surface area contributed by atoms with Crippen LogP contribution in [0.5, 0.6) is 5.75 Å². The highest BCUT2D eigenvalue weighted by Gasteiger charge is 2.09. The Labute approximate surface area is 145 Å². The summed E-state index contributed by atoms with van der Waals surface area (Å²) in [4.78, 5) is 13.5. The number of carbonyl (C=O) groups excluding carboxylic acids is 1. The average Bonchev–Trinajstić information content (AvgIpc) is 3.15. The van der Waals surface area contributed by atoms with Crippen LogP contribution in [0, 0.1) is 0 Å². The number of aromatic nitrogens is 4. The standard InChI is InChI=1S/C18H18N4O3/c1-24-16-10-5-9-15(13-16)18(23)25-12-6-11-22-20-17(19-21-22)14-7-3-2-4-8-14/h2-5,7-10,13H,6,11-12H2,1H3. The maximum atomic E-state index is 12.0. The van der Waals surface area contributed by atoms with Gasteiger partial charge >= 0.3 is 5.97 Å². The summed E-state index contributed by atoms with van der Waals surface area (Å²) in [6, 6.07) is 16.5. The van der Waals surface area contributed by atoms with Gasteiger partial charge in [0.1, 0.15) is 5.75 Å². The van der Waals surface area contributed by atoms with Crippen LogP contribution in [0.2, 0.25) is 0 Å². The Bertz CT molecular complexity index is 833. The van der Waals surface area contributed by atoms with Crippen LogP contribution >= 0.6 is 0 Å². The van der Waals surface area contributed by atoms with Crippen molar-refractivity contribution in [2.24, 2.45) is 0 Å². The van der Waals surface area contributed by atoms with E-state index >= 15 is 0 Å². The van der Waals surface area contributed by atoms with E-state index in [-0.39, 0.29) is 12.6 Å². The van der Waals surface area contributed by atoms with E-state index in [4.69, 9.17) is 9.47 Å². The number of tetrazole rings is 1. The minimum atomic E-state index is -0.379. The van der Waals surface area contributed by atoms with Gasteiger partial charge in [-0.2, -0.15) is 4.80 Å². The molecule has 2 aromatic carbocycles. The molecule has 1 heterocycles. The molecule has 0 unspecified atom stereocenters. The summed E-state index contributed by atoms with van der Waals surface area (Å²) in [5.74, 6) is 0.819. The van der Waals surface area contributed by atoms with E-state index in [0.717, 1.165) is 5.56 Å². The zero-order valence-corrected chi connectivity index (χ0v) is 13.8. The number of aryl methyl sites for hydroxylation is 1. The van der Waals surface area contributed by atoms with Gasteiger partial charge in [0.25, 0.3) is 0 Å². The third-order valence-electron chi connectivity index (χ3n) is 3.53. The van der Waals surface area contributed by atoms with Gasteiger partial charge < -0.3 is 9.47 Å². The molecule has 7 nitrogen and oxygen atoms in total. The number of hydrogen-bond acceptors (Lipinski definition) is 6. The van der Waals surface area contributed by atoms with Crippen molar-refractivity contribution in [3.63, 3.8) is 0 Å². The van der Waals surface area contributed by atoms with Crippen LogP contribution in [0.4, 0.5) is 0 Å². The maximum Gasteiger partial charge on any atom is 0.338 e. The van der Waals surface area contributed by atoms with Crippen molar-refractivity contribution in [2.45, 2.75) is 13.0 Å². The first-order valence-electron chi connectivity index (χ1n) is 7.90. The van der Waals surface area contributed by atoms with Gasteiger partial charge in [-0.3, -0.25) is 0 Å². The molecule has 0 bridgehead atoms. The van der Waals surface area contributed by atoms with Crippen molar-refractivity contribution >= 4 is 5.97 Å². The minimum absolute atomic E-state index is 0.276. The second kappa shape index (κ2) is 8.05. The summed E-state index contributed by atoms with van der Waals surface area (Å²) >= 11 is 0. The Morgan fingerprint density at radius 3 is 2.76 bits per heavy atom. The monoisotopic (exact) mass is 338 g/mol. The highest BCUT2D eigenvalue weighted by atomic mass is 16.5. The van der Waals surface area contributed by atoms with Crippen LogP contribution < -0.4 is 4.74 Å². The fourth-order valence-corrected chi connectivity index (χ4v) is 2.24. The van der Waals surface area contributed by atoms with E-state index in [0.29, 0.717) is 30.1 Å². The van der Waals surface area contributed by atoms with E-state index in [9.17, 15) is 4.79 Å². The molecule has 0 fully saturated rings. The number of nitrogens with zero attached hydrogens (tertiary/aromatic N) is 4. The van der Waals surface area contributed by atoms with Crippen molar-refractivity contribution in [2.75, 3.05) is 13.7 Å². The number of ether oxygens (including phenoxy) is 2. The predicted molar refractivity (Wildman–Crippen MR) is 91.1 cm³/mol. The molecule has 25 heavy (non-hydrogen) atoms. The Kier molecular flexibility index (Phi) is 5.36. The molecule has 0 aliphatic heterocycles. The molecule has 3 rings (SSSR count). The van der Waals surface area contributed by atoms with Gasteiger partial charge in [0.2, 0.25) is 5.82 Å². The molecule has 0 N–H and O–H groups in total. The summed E-state index contributed by atoms with van der Waals surface area (Å²) in [7, 11) is 1.55. The Balaban J connectivity index is 1.47. The second-order valence-corrected chi connectivity index (χ2v) is 5.30. The van der Waals surface area contributed by atoms with Crippen LogP contribution in [-0.2, 0) is 11.3 Å². The van der Waals surface area contributed by atoms with Gasteiger partial charge in [-0.15, -0.1) is 10.2 Å². The number of esters is 1. The summed E-state index contributed by atoms with van der Waals surface area (Å²) in [6.45, 7) is 0.795. The molecular formula is C18H18N4O3. The molecule has 0 radical (unpaired) electrons. The smallest absolute Gasteiger partial charge is 0.338 e. The van der Waals surface area contributed by atoms with Crippen LogP contribution in [0.15, 0.2) is 54.6 Å².